The number of benzene rings is 1. The molecule has 1 amide bonds. The van der Waals surface area contributed by atoms with Crippen LogP contribution in [0.5, 0.6) is 0 Å². The van der Waals surface area contributed by atoms with E-state index in [0.717, 1.165) is 19.6 Å². The van der Waals surface area contributed by atoms with Gasteiger partial charge in [-0.3, -0.25) is 9.69 Å². The SMILES string of the molecule is CCC(=O)N1[C@H]2CC[C@H]1CN(C/C=C\c1ccccc1)C2. The number of fused-ring (bicyclic) bond motifs is 2. The highest BCUT2D eigenvalue weighted by molar-refractivity contribution is 5.77. The Morgan fingerprint density at radius 3 is 2.48 bits per heavy atom. The van der Waals surface area contributed by atoms with Crippen LogP contribution < -0.4 is 0 Å². The quantitative estimate of drug-likeness (QED) is 0.849. The van der Waals surface area contributed by atoms with Crippen molar-refractivity contribution in [3.05, 3.63) is 42.0 Å². The van der Waals surface area contributed by atoms with Gasteiger partial charge in [-0.1, -0.05) is 49.4 Å². The molecule has 2 aliphatic heterocycles. The lowest BCUT2D eigenvalue weighted by molar-refractivity contribution is -0.136. The molecule has 2 fully saturated rings. The van der Waals surface area contributed by atoms with E-state index in [1.165, 1.54) is 18.4 Å². The largest absolute Gasteiger partial charge is 0.334 e. The number of piperazine rings is 1. The van der Waals surface area contributed by atoms with Crippen molar-refractivity contribution in [2.75, 3.05) is 19.6 Å². The van der Waals surface area contributed by atoms with Crippen molar-refractivity contribution in [2.24, 2.45) is 0 Å². The van der Waals surface area contributed by atoms with Crippen molar-refractivity contribution in [1.29, 1.82) is 0 Å². The van der Waals surface area contributed by atoms with Crippen molar-refractivity contribution in [1.82, 2.24) is 9.80 Å². The van der Waals surface area contributed by atoms with E-state index in [1.807, 2.05) is 13.0 Å². The number of rotatable bonds is 4. The Morgan fingerprint density at radius 1 is 1.19 bits per heavy atom. The molecular weight excluding hydrogens is 260 g/mol. The summed E-state index contributed by atoms with van der Waals surface area (Å²) in [7, 11) is 0. The highest BCUT2D eigenvalue weighted by Gasteiger charge is 2.41. The molecule has 1 aromatic carbocycles. The molecule has 1 aromatic rings. The third kappa shape index (κ3) is 3.18. The maximum atomic E-state index is 12.0. The Bertz CT molecular complexity index is 497. The number of hydrogen-bond donors (Lipinski definition) is 0. The van der Waals surface area contributed by atoms with Gasteiger partial charge in [-0.15, -0.1) is 0 Å². The van der Waals surface area contributed by atoms with Crippen molar-refractivity contribution in [2.45, 2.75) is 38.3 Å². The molecule has 3 heteroatoms. The minimum Gasteiger partial charge on any atom is -0.334 e. The van der Waals surface area contributed by atoms with Crippen LogP contribution in [-0.2, 0) is 4.79 Å². The van der Waals surface area contributed by atoms with Gasteiger partial charge >= 0.3 is 0 Å². The van der Waals surface area contributed by atoms with Crippen molar-refractivity contribution < 1.29 is 4.79 Å². The van der Waals surface area contributed by atoms with E-state index in [1.54, 1.807) is 0 Å². The van der Waals surface area contributed by atoms with E-state index in [4.69, 9.17) is 0 Å². The van der Waals surface area contributed by atoms with Crippen LogP contribution in [0.3, 0.4) is 0 Å². The van der Waals surface area contributed by atoms with Gasteiger partial charge in [0, 0.05) is 38.1 Å². The number of amides is 1. The average Bonchev–Trinajstić information content (AvgIpc) is 2.78. The zero-order chi connectivity index (χ0) is 14.7. The fourth-order valence-electron chi connectivity index (χ4n) is 3.63. The number of nitrogens with zero attached hydrogens (tertiary/aromatic N) is 2. The molecule has 3 rings (SSSR count). The smallest absolute Gasteiger partial charge is 0.222 e. The molecule has 0 N–H and O–H groups in total. The lowest BCUT2D eigenvalue weighted by Crippen LogP contribution is -2.55. The Hall–Kier alpha value is -1.61. The minimum absolute atomic E-state index is 0.335. The predicted molar refractivity (Wildman–Crippen MR) is 85.9 cm³/mol. The predicted octanol–water partition coefficient (Wildman–Crippen LogP) is 2.79. The summed E-state index contributed by atoms with van der Waals surface area (Å²) in [5, 5.41) is 0. The van der Waals surface area contributed by atoms with Crippen LogP contribution >= 0.6 is 0 Å². The van der Waals surface area contributed by atoms with Gasteiger partial charge in [0.05, 0.1) is 0 Å². The van der Waals surface area contributed by atoms with E-state index >= 15 is 0 Å². The Labute approximate surface area is 127 Å². The van der Waals surface area contributed by atoms with Crippen molar-refractivity contribution >= 4 is 12.0 Å². The van der Waals surface area contributed by atoms with Crippen LogP contribution in [0.25, 0.3) is 6.08 Å². The second-order valence-electron chi connectivity index (χ2n) is 6.07. The maximum absolute atomic E-state index is 12.0. The molecule has 0 spiro atoms. The standard InChI is InChI=1S/C18H24N2O/c1-2-18(21)20-16-10-11-17(20)14-19(13-16)12-6-9-15-7-4-3-5-8-15/h3-9,16-17H,2,10-14H2,1H3/b9-6-/t16-,17-/m0/s1. The molecule has 0 aliphatic carbocycles. The number of hydrogen-bond acceptors (Lipinski definition) is 2. The number of carbonyl (C=O) groups excluding carboxylic acids is 1. The third-order valence-electron chi connectivity index (χ3n) is 4.62. The van der Waals surface area contributed by atoms with Crippen LogP contribution in [-0.4, -0.2) is 47.4 Å². The fraction of sp³-hybridized carbons (Fsp3) is 0.500. The Kier molecular flexibility index (Phi) is 4.39. The molecule has 2 saturated heterocycles. The summed E-state index contributed by atoms with van der Waals surface area (Å²) in [6.07, 6.45) is 7.42. The van der Waals surface area contributed by atoms with Crippen LogP contribution in [0.15, 0.2) is 36.4 Å². The zero-order valence-corrected chi connectivity index (χ0v) is 12.7. The van der Waals surface area contributed by atoms with Gasteiger partial charge in [0.15, 0.2) is 0 Å². The first-order chi connectivity index (χ1) is 10.3. The zero-order valence-electron chi connectivity index (χ0n) is 12.7. The van der Waals surface area contributed by atoms with Crippen molar-refractivity contribution in [3.8, 4) is 0 Å². The third-order valence-corrected chi connectivity index (χ3v) is 4.62. The second kappa shape index (κ2) is 6.44. The minimum atomic E-state index is 0.335. The number of carbonyl (C=O) groups is 1. The maximum Gasteiger partial charge on any atom is 0.222 e. The normalized spacial score (nSPS) is 25.7. The average molecular weight is 284 g/mol. The summed E-state index contributed by atoms with van der Waals surface area (Å²) >= 11 is 0. The van der Waals surface area contributed by atoms with Crippen molar-refractivity contribution in [3.63, 3.8) is 0 Å². The summed E-state index contributed by atoms with van der Waals surface area (Å²) in [6, 6.07) is 11.3. The topological polar surface area (TPSA) is 23.6 Å². The molecule has 0 aromatic heterocycles. The van der Waals surface area contributed by atoms with Gasteiger partial charge in [0.1, 0.15) is 0 Å². The summed E-state index contributed by atoms with van der Waals surface area (Å²) in [5.41, 5.74) is 1.25. The van der Waals surface area contributed by atoms with Gasteiger partial charge in [0.25, 0.3) is 0 Å². The van der Waals surface area contributed by atoms with Crippen LogP contribution in [0.4, 0.5) is 0 Å². The molecule has 0 radical (unpaired) electrons. The highest BCUT2D eigenvalue weighted by atomic mass is 16.2. The molecular formula is C18H24N2O. The molecule has 2 bridgehead atoms. The van der Waals surface area contributed by atoms with Gasteiger partial charge < -0.3 is 4.90 Å². The number of likely N-dealkylation sites (tertiary alicyclic amines) is 1. The highest BCUT2D eigenvalue weighted by Crippen LogP contribution is 2.30. The van der Waals surface area contributed by atoms with Gasteiger partial charge in [-0.05, 0) is 18.4 Å². The molecule has 21 heavy (non-hydrogen) atoms. The first-order valence-electron chi connectivity index (χ1n) is 8.03. The molecule has 0 saturated carbocycles. The summed E-state index contributed by atoms with van der Waals surface area (Å²) < 4.78 is 0. The van der Waals surface area contributed by atoms with E-state index in [0.29, 0.717) is 24.4 Å². The lowest BCUT2D eigenvalue weighted by atomic mass is 10.1. The van der Waals surface area contributed by atoms with Gasteiger partial charge in [0.2, 0.25) is 5.91 Å². The first kappa shape index (κ1) is 14.3. The molecule has 2 heterocycles. The van der Waals surface area contributed by atoms with Gasteiger partial charge in [-0.25, -0.2) is 0 Å². The van der Waals surface area contributed by atoms with E-state index in [-0.39, 0.29) is 0 Å². The van der Waals surface area contributed by atoms with E-state index in [9.17, 15) is 4.79 Å². The summed E-state index contributed by atoms with van der Waals surface area (Å²) in [6.45, 7) is 5.01. The molecule has 112 valence electrons. The Balaban J connectivity index is 1.56. The second-order valence-corrected chi connectivity index (χ2v) is 6.07. The van der Waals surface area contributed by atoms with Crippen LogP contribution in [0, 0.1) is 0 Å². The van der Waals surface area contributed by atoms with Crippen LogP contribution in [0.1, 0.15) is 31.7 Å². The van der Waals surface area contributed by atoms with Crippen LogP contribution in [0.2, 0.25) is 0 Å². The molecule has 3 nitrogen and oxygen atoms in total. The molecule has 0 unspecified atom stereocenters. The lowest BCUT2D eigenvalue weighted by Gasteiger charge is -2.40. The fourth-order valence-corrected chi connectivity index (χ4v) is 3.63. The van der Waals surface area contributed by atoms with E-state index in [2.05, 4.69) is 46.2 Å². The van der Waals surface area contributed by atoms with Gasteiger partial charge in [-0.2, -0.15) is 0 Å². The summed E-state index contributed by atoms with van der Waals surface area (Å²) in [4.78, 5) is 16.7. The first-order valence-corrected chi connectivity index (χ1v) is 8.03. The Morgan fingerprint density at radius 2 is 1.86 bits per heavy atom. The molecule has 2 atom stereocenters. The summed E-state index contributed by atoms with van der Waals surface area (Å²) in [5.74, 6) is 0.335. The monoisotopic (exact) mass is 284 g/mol. The van der Waals surface area contributed by atoms with E-state index < -0.39 is 0 Å². The molecule has 2 aliphatic rings.